The third-order valence-electron chi connectivity index (χ3n) is 13.6. The van der Waals surface area contributed by atoms with E-state index in [0.29, 0.717) is 11.8 Å². The highest BCUT2D eigenvalue weighted by Gasteiger charge is 2.28. The van der Waals surface area contributed by atoms with Crippen LogP contribution in [0.3, 0.4) is 0 Å². The Bertz CT molecular complexity index is 3710. The van der Waals surface area contributed by atoms with Crippen LogP contribution in [0, 0.1) is 0 Å². The lowest BCUT2D eigenvalue weighted by molar-refractivity contribution is 0.657. The summed E-state index contributed by atoms with van der Waals surface area (Å²) in [6, 6.07) is 68.0. The molecule has 5 heteroatoms. The standard InChI is InChI=1S/C60H45N3O2/c1-36(2)40-22-11-24-42-44-26-14-34-52(59(44)64-57(40)42)61(38-18-7-5-8-19-38)48-30-16-32-50-54(48)46-28-13-29-47-55-49(31-17-33-51(55)63(50)56(46)47)62(39-20-9-6-10-21-39)53-35-15-27-45-43-25-12-23-41(37(3)4)58(43)65-60(45)53/h5-37H,1-4H3. The minimum Gasteiger partial charge on any atom is -0.454 e. The Morgan fingerprint density at radius 3 is 1.12 bits per heavy atom. The fraction of sp³-hybridized carbons (Fsp3) is 0.100. The van der Waals surface area contributed by atoms with Gasteiger partial charge in [0.2, 0.25) is 0 Å². The van der Waals surface area contributed by atoms with Crippen LogP contribution < -0.4 is 9.80 Å². The topological polar surface area (TPSA) is 37.2 Å². The van der Waals surface area contributed by atoms with Crippen molar-refractivity contribution >= 4 is 116 Å². The second kappa shape index (κ2) is 14.2. The Hall–Kier alpha value is -8.02. The van der Waals surface area contributed by atoms with Gasteiger partial charge in [0, 0.05) is 54.5 Å². The zero-order chi connectivity index (χ0) is 43.5. The third kappa shape index (κ3) is 5.39. The summed E-state index contributed by atoms with van der Waals surface area (Å²) in [6.07, 6.45) is 0. The zero-order valence-electron chi connectivity index (χ0n) is 36.7. The molecular formula is C60H45N3O2. The van der Waals surface area contributed by atoms with E-state index in [0.717, 1.165) is 89.0 Å². The first-order chi connectivity index (χ1) is 32.0. The fourth-order valence-electron chi connectivity index (χ4n) is 10.8. The monoisotopic (exact) mass is 839 g/mol. The van der Waals surface area contributed by atoms with Crippen molar-refractivity contribution in [1.82, 2.24) is 4.40 Å². The molecule has 0 spiro atoms. The van der Waals surface area contributed by atoms with Crippen LogP contribution in [0.2, 0.25) is 0 Å². The lowest BCUT2D eigenvalue weighted by Crippen LogP contribution is -2.11. The molecule has 0 aliphatic carbocycles. The van der Waals surface area contributed by atoms with Gasteiger partial charge in [0.15, 0.2) is 11.2 Å². The average molecular weight is 840 g/mol. The number of rotatable bonds is 8. The quantitative estimate of drug-likeness (QED) is 0.153. The van der Waals surface area contributed by atoms with E-state index in [1.54, 1.807) is 0 Å². The minimum absolute atomic E-state index is 0.326. The van der Waals surface area contributed by atoms with Crippen molar-refractivity contribution in [2.24, 2.45) is 0 Å². The highest BCUT2D eigenvalue weighted by atomic mass is 16.3. The number of hydrogen-bond donors (Lipinski definition) is 0. The maximum Gasteiger partial charge on any atom is 0.159 e. The van der Waals surface area contributed by atoms with E-state index >= 15 is 0 Å². The van der Waals surface area contributed by atoms with Crippen molar-refractivity contribution in [3.8, 4) is 0 Å². The lowest BCUT2D eigenvalue weighted by Gasteiger charge is -2.27. The van der Waals surface area contributed by atoms with Gasteiger partial charge in [0.25, 0.3) is 0 Å². The highest BCUT2D eigenvalue weighted by molar-refractivity contribution is 6.29. The Morgan fingerprint density at radius 2 is 0.692 bits per heavy atom. The molecular weight excluding hydrogens is 795 g/mol. The number of hydrogen-bond acceptors (Lipinski definition) is 4. The molecule has 0 bridgehead atoms. The van der Waals surface area contributed by atoms with E-state index in [4.69, 9.17) is 8.83 Å². The molecule has 13 rings (SSSR count). The number of aromatic nitrogens is 1. The molecule has 0 aliphatic heterocycles. The Balaban J connectivity index is 1.08. The van der Waals surface area contributed by atoms with E-state index in [1.165, 1.54) is 38.2 Å². The predicted molar refractivity (Wildman–Crippen MR) is 273 cm³/mol. The second-order valence-electron chi connectivity index (χ2n) is 18.0. The lowest BCUT2D eigenvalue weighted by atomic mass is 10.00. The number of anilines is 6. The van der Waals surface area contributed by atoms with Crippen LogP contribution in [0.25, 0.3) is 82.0 Å². The SMILES string of the molecule is CC(C)c1cccc2c1oc1c(N(c3ccccc3)c3cccc4c3c3cccc5c6c(N(c7ccccc7)c7cccc8c7oc7c(C(C)C)cccc78)cccc6n4c35)cccc12. The molecule has 0 atom stereocenters. The number of fused-ring (bicyclic) bond motifs is 12. The molecule has 0 radical (unpaired) electrons. The van der Waals surface area contributed by atoms with Gasteiger partial charge in [-0.25, -0.2) is 0 Å². The maximum absolute atomic E-state index is 6.99. The summed E-state index contributed by atoms with van der Waals surface area (Å²) >= 11 is 0. The predicted octanol–water partition coefficient (Wildman–Crippen LogP) is 17.8. The van der Waals surface area contributed by atoms with Gasteiger partial charge >= 0.3 is 0 Å². The molecule has 9 aromatic carbocycles. The van der Waals surface area contributed by atoms with Gasteiger partial charge in [-0.15, -0.1) is 0 Å². The highest BCUT2D eigenvalue weighted by Crippen LogP contribution is 2.52. The number of nitrogens with zero attached hydrogens (tertiary/aromatic N) is 3. The van der Waals surface area contributed by atoms with Crippen LogP contribution in [0.15, 0.2) is 197 Å². The molecule has 65 heavy (non-hydrogen) atoms. The van der Waals surface area contributed by atoms with E-state index in [2.05, 4.69) is 230 Å². The number of benzene rings is 9. The zero-order valence-corrected chi connectivity index (χ0v) is 36.7. The molecule has 13 aromatic rings. The van der Waals surface area contributed by atoms with Crippen LogP contribution in [0.5, 0.6) is 0 Å². The van der Waals surface area contributed by atoms with Crippen LogP contribution in [-0.2, 0) is 0 Å². The van der Waals surface area contributed by atoms with Gasteiger partial charge in [0.1, 0.15) is 11.2 Å². The maximum atomic E-state index is 6.99. The first kappa shape index (κ1) is 37.5. The third-order valence-corrected chi connectivity index (χ3v) is 13.6. The van der Waals surface area contributed by atoms with Crippen molar-refractivity contribution in [3.63, 3.8) is 0 Å². The van der Waals surface area contributed by atoms with Gasteiger partial charge < -0.3 is 23.0 Å². The van der Waals surface area contributed by atoms with Gasteiger partial charge in [-0.2, -0.15) is 0 Å². The molecule has 4 aromatic heterocycles. The van der Waals surface area contributed by atoms with E-state index in [1.807, 2.05) is 0 Å². The van der Waals surface area contributed by atoms with Crippen molar-refractivity contribution in [2.45, 2.75) is 39.5 Å². The van der Waals surface area contributed by atoms with Crippen LogP contribution in [0.4, 0.5) is 34.1 Å². The molecule has 5 nitrogen and oxygen atoms in total. The molecule has 0 amide bonds. The van der Waals surface area contributed by atoms with Crippen LogP contribution in [-0.4, -0.2) is 4.40 Å². The summed E-state index contributed by atoms with van der Waals surface area (Å²) < 4.78 is 16.5. The largest absolute Gasteiger partial charge is 0.454 e. The van der Waals surface area contributed by atoms with Gasteiger partial charge in [-0.3, -0.25) is 0 Å². The van der Waals surface area contributed by atoms with Crippen molar-refractivity contribution in [1.29, 1.82) is 0 Å². The fourth-order valence-corrected chi connectivity index (χ4v) is 10.8. The van der Waals surface area contributed by atoms with E-state index in [-0.39, 0.29) is 0 Å². The van der Waals surface area contributed by atoms with Crippen LogP contribution >= 0.6 is 0 Å². The second-order valence-corrected chi connectivity index (χ2v) is 18.0. The van der Waals surface area contributed by atoms with Gasteiger partial charge in [-0.1, -0.05) is 155 Å². The van der Waals surface area contributed by atoms with Gasteiger partial charge in [-0.05, 0) is 83.6 Å². The summed E-state index contributed by atoms with van der Waals surface area (Å²) in [7, 11) is 0. The summed E-state index contributed by atoms with van der Waals surface area (Å²) in [5.74, 6) is 0.653. The molecule has 312 valence electrons. The Kier molecular flexibility index (Phi) is 8.23. The first-order valence-corrected chi connectivity index (χ1v) is 22.7. The van der Waals surface area contributed by atoms with Crippen molar-refractivity contribution < 1.29 is 8.83 Å². The first-order valence-electron chi connectivity index (χ1n) is 22.7. The van der Waals surface area contributed by atoms with E-state index in [9.17, 15) is 0 Å². The Labute approximate surface area is 376 Å². The number of furan rings is 2. The van der Waals surface area contributed by atoms with Gasteiger partial charge in [0.05, 0.1) is 39.3 Å². The minimum atomic E-state index is 0.326. The number of para-hydroxylation sites is 7. The summed E-state index contributed by atoms with van der Waals surface area (Å²) in [6.45, 7) is 8.93. The van der Waals surface area contributed by atoms with Crippen LogP contribution in [0.1, 0.15) is 50.7 Å². The Morgan fingerprint density at radius 1 is 0.338 bits per heavy atom. The normalized spacial score (nSPS) is 12.3. The average Bonchev–Trinajstić information content (AvgIpc) is 4.11. The molecule has 0 aliphatic rings. The summed E-state index contributed by atoms with van der Waals surface area (Å²) in [5.41, 5.74) is 15.9. The summed E-state index contributed by atoms with van der Waals surface area (Å²) in [5, 5.41) is 9.28. The molecule has 0 saturated heterocycles. The smallest absolute Gasteiger partial charge is 0.159 e. The van der Waals surface area contributed by atoms with Crippen molar-refractivity contribution in [3.05, 3.63) is 199 Å². The molecule has 4 heterocycles. The van der Waals surface area contributed by atoms with Crippen molar-refractivity contribution in [2.75, 3.05) is 9.80 Å². The summed E-state index contributed by atoms with van der Waals surface area (Å²) in [4.78, 5) is 4.79. The molecule has 0 N–H and O–H groups in total. The molecule has 0 unspecified atom stereocenters. The molecule has 0 fully saturated rings. The van der Waals surface area contributed by atoms with E-state index < -0.39 is 0 Å². The molecule has 0 saturated carbocycles.